The van der Waals surface area contributed by atoms with E-state index in [-0.39, 0.29) is 10.8 Å². The zero-order valence-corrected chi connectivity index (χ0v) is 14.9. The molecule has 1 aliphatic rings. The van der Waals surface area contributed by atoms with Crippen molar-refractivity contribution in [3.8, 4) is 0 Å². The smallest absolute Gasteiger partial charge is 0.243 e. The highest BCUT2D eigenvalue weighted by Crippen LogP contribution is 2.30. The van der Waals surface area contributed by atoms with E-state index in [1.54, 1.807) is 24.3 Å². The van der Waals surface area contributed by atoms with E-state index in [0.29, 0.717) is 13.0 Å². The fourth-order valence-electron chi connectivity index (χ4n) is 3.07. The van der Waals surface area contributed by atoms with Crippen LogP contribution in [0.5, 0.6) is 0 Å². The Hall–Kier alpha value is -2.24. The second kappa shape index (κ2) is 7.33. The van der Waals surface area contributed by atoms with Gasteiger partial charge in [0.2, 0.25) is 10.0 Å². The third-order valence-corrected chi connectivity index (χ3v) is 6.38. The Balaban J connectivity index is 1.80. The molecule has 0 radical (unpaired) electrons. The molecule has 0 amide bonds. The van der Waals surface area contributed by atoms with Crippen molar-refractivity contribution in [1.82, 2.24) is 4.31 Å². The summed E-state index contributed by atoms with van der Waals surface area (Å²) >= 11 is 0. The molecule has 0 N–H and O–H groups in total. The summed E-state index contributed by atoms with van der Waals surface area (Å²) in [5.41, 5.74) is 2.06. The molecule has 5 heteroatoms. The molecule has 0 spiro atoms. The van der Waals surface area contributed by atoms with Crippen LogP contribution in [0.1, 0.15) is 17.5 Å². The second-order valence-corrected chi connectivity index (χ2v) is 8.25. The van der Waals surface area contributed by atoms with E-state index in [9.17, 15) is 13.2 Å². The van der Waals surface area contributed by atoms with E-state index in [0.717, 1.165) is 17.4 Å². The van der Waals surface area contributed by atoms with Gasteiger partial charge in [-0.1, -0.05) is 60.2 Å². The molecule has 1 fully saturated rings. The maximum Gasteiger partial charge on any atom is 0.243 e. The lowest BCUT2D eigenvalue weighted by molar-refractivity contribution is -0.110. The number of sulfonamides is 1. The first-order valence-corrected chi connectivity index (χ1v) is 9.72. The number of hydrogen-bond donors (Lipinski definition) is 0. The minimum absolute atomic E-state index is 0.0237. The first-order chi connectivity index (χ1) is 12.0. The van der Waals surface area contributed by atoms with Gasteiger partial charge >= 0.3 is 0 Å². The Morgan fingerprint density at radius 1 is 1.04 bits per heavy atom. The van der Waals surface area contributed by atoms with Crippen molar-refractivity contribution in [2.75, 3.05) is 6.54 Å². The van der Waals surface area contributed by atoms with E-state index in [2.05, 4.69) is 0 Å². The van der Waals surface area contributed by atoms with Crippen molar-refractivity contribution in [2.45, 2.75) is 24.3 Å². The highest BCUT2D eigenvalue weighted by Gasteiger charge is 2.39. The van der Waals surface area contributed by atoms with Gasteiger partial charge in [0.15, 0.2) is 0 Å². The quantitative estimate of drug-likeness (QED) is 0.774. The normalized spacial score (nSPS) is 21.6. The maximum absolute atomic E-state index is 12.9. The van der Waals surface area contributed by atoms with Crippen molar-refractivity contribution in [3.63, 3.8) is 0 Å². The van der Waals surface area contributed by atoms with Gasteiger partial charge in [-0.15, -0.1) is 0 Å². The Morgan fingerprint density at radius 2 is 1.72 bits per heavy atom. The summed E-state index contributed by atoms with van der Waals surface area (Å²) in [7, 11) is -3.66. The zero-order chi connectivity index (χ0) is 17.9. The number of rotatable bonds is 5. The topological polar surface area (TPSA) is 54.5 Å². The molecule has 0 unspecified atom stereocenters. The van der Waals surface area contributed by atoms with Gasteiger partial charge in [-0.2, -0.15) is 4.31 Å². The largest absolute Gasteiger partial charge is 0.302 e. The predicted molar refractivity (Wildman–Crippen MR) is 98.5 cm³/mol. The van der Waals surface area contributed by atoms with Gasteiger partial charge in [-0.25, -0.2) is 8.42 Å². The summed E-state index contributed by atoms with van der Waals surface area (Å²) in [4.78, 5) is 11.7. The third-order valence-electron chi connectivity index (χ3n) is 4.47. The van der Waals surface area contributed by atoms with Gasteiger partial charge in [0.05, 0.1) is 10.9 Å². The minimum Gasteiger partial charge on any atom is -0.302 e. The molecule has 1 heterocycles. The SMILES string of the molecule is Cc1ccc(S(=O)(=O)N2C[C@@H](/C=C/c3ccccc3)C[C@H]2C=O)cc1. The van der Waals surface area contributed by atoms with Crippen LogP contribution >= 0.6 is 0 Å². The molecule has 130 valence electrons. The molecule has 2 aromatic carbocycles. The van der Waals surface area contributed by atoms with Crippen LogP contribution in [0.25, 0.3) is 6.08 Å². The number of carbonyl (C=O) groups excluding carboxylic acids is 1. The van der Waals surface area contributed by atoms with Crippen molar-refractivity contribution in [1.29, 1.82) is 0 Å². The summed E-state index contributed by atoms with van der Waals surface area (Å²) in [5, 5.41) is 0. The van der Waals surface area contributed by atoms with Gasteiger partial charge in [0.1, 0.15) is 6.29 Å². The lowest BCUT2D eigenvalue weighted by Gasteiger charge is -2.20. The first-order valence-electron chi connectivity index (χ1n) is 8.28. The van der Waals surface area contributed by atoms with Crippen LogP contribution in [-0.4, -0.2) is 31.6 Å². The molecule has 1 saturated heterocycles. The van der Waals surface area contributed by atoms with Gasteiger partial charge in [0.25, 0.3) is 0 Å². The van der Waals surface area contributed by atoms with Crippen LogP contribution in [0, 0.1) is 12.8 Å². The van der Waals surface area contributed by atoms with Crippen molar-refractivity contribution in [2.24, 2.45) is 5.92 Å². The number of aldehydes is 1. The summed E-state index contributed by atoms with van der Waals surface area (Å²) in [5.74, 6) is 0.0237. The van der Waals surface area contributed by atoms with Gasteiger partial charge in [-0.3, -0.25) is 0 Å². The Morgan fingerprint density at radius 3 is 2.36 bits per heavy atom. The maximum atomic E-state index is 12.9. The number of hydrogen-bond acceptors (Lipinski definition) is 3. The average Bonchev–Trinajstić information content (AvgIpc) is 3.05. The highest BCUT2D eigenvalue weighted by atomic mass is 32.2. The number of benzene rings is 2. The summed E-state index contributed by atoms with van der Waals surface area (Å²) in [6.07, 6.45) is 5.23. The minimum atomic E-state index is -3.66. The molecule has 25 heavy (non-hydrogen) atoms. The van der Waals surface area contributed by atoms with Gasteiger partial charge in [0, 0.05) is 6.54 Å². The van der Waals surface area contributed by atoms with E-state index >= 15 is 0 Å². The molecular weight excluding hydrogens is 334 g/mol. The molecule has 2 atom stereocenters. The summed E-state index contributed by atoms with van der Waals surface area (Å²) < 4.78 is 27.1. The Kier molecular flexibility index (Phi) is 5.16. The van der Waals surface area contributed by atoms with Gasteiger partial charge in [-0.05, 0) is 37.0 Å². The Labute approximate surface area is 148 Å². The standard InChI is InChI=1S/C20H21NO3S/c1-16-7-11-20(12-8-16)25(23,24)21-14-18(13-19(21)15-22)10-9-17-5-3-2-4-6-17/h2-12,15,18-19H,13-14H2,1H3/b10-9+/t18-,19-/m0/s1. The fourth-order valence-corrected chi connectivity index (χ4v) is 4.70. The van der Waals surface area contributed by atoms with Crippen LogP contribution in [0.4, 0.5) is 0 Å². The molecule has 3 rings (SSSR count). The molecule has 0 aliphatic carbocycles. The third kappa shape index (κ3) is 3.89. The van der Waals surface area contributed by atoms with Crippen LogP contribution in [0.2, 0.25) is 0 Å². The zero-order valence-electron chi connectivity index (χ0n) is 14.1. The van der Waals surface area contributed by atoms with Crippen molar-refractivity contribution < 1.29 is 13.2 Å². The van der Waals surface area contributed by atoms with Crippen molar-refractivity contribution >= 4 is 22.4 Å². The first kappa shape index (κ1) is 17.6. The summed E-state index contributed by atoms with van der Waals surface area (Å²) in [6.45, 7) is 2.23. The molecule has 0 aromatic heterocycles. The molecule has 0 bridgehead atoms. The lowest BCUT2D eigenvalue weighted by atomic mass is 10.0. The predicted octanol–water partition coefficient (Wildman–Crippen LogP) is 3.29. The van der Waals surface area contributed by atoms with Crippen LogP contribution in [0.3, 0.4) is 0 Å². The van der Waals surface area contributed by atoms with Crippen LogP contribution in [-0.2, 0) is 14.8 Å². The van der Waals surface area contributed by atoms with Gasteiger partial charge < -0.3 is 4.79 Å². The monoisotopic (exact) mass is 355 g/mol. The fraction of sp³-hybridized carbons (Fsp3) is 0.250. The van der Waals surface area contributed by atoms with E-state index in [4.69, 9.17) is 0 Å². The van der Waals surface area contributed by atoms with Crippen LogP contribution in [0.15, 0.2) is 65.6 Å². The summed E-state index contributed by atoms with van der Waals surface area (Å²) in [6, 6.07) is 16.0. The second-order valence-electron chi connectivity index (χ2n) is 6.36. The number of aryl methyl sites for hydroxylation is 1. The van der Waals surface area contributed by atoms with E-state index in [1.807, 2.05) is 49.4 Å². The molecule has 0 saturated carbocycles. The van der Waals surface area contributed by atoms with Crippen molar-refractivity contribution in [3.05, 3.63) is 71.8 Å². The molecule has 2 aromatic rings. The van der Waals surface area contributed by atoms with E-state index < -0.39 is 16.1 Å². The highest BCUT2D eigenvalue weighted by molar-refractivity contribution is 7.89. The van der Waals surface area contributed by atoms with E-state index in [1.165, 1.54) is 4.31 Å². The lowest BCUT2D eigenvalue weighted by Crippen LogP contribution is -2.36. The van der Waals surface area contributed by atoms with Crippen LogP contribution < -0.4 is 0 Å². The Bertz CT molecular complexity index is 858. The molecule has 1 aliphatic heterocycles. The number of nitrogens with zero attached hydrogens (tertiary/aromatic N) is 1. The molecular formula is C20H21NO3S. The average molecular weight is 355 g/mol. The molecule has 4 nitrogen and oxygen atoms in total. The number of carbonyl (C=O) groups is 1.